The van der Waals surface area contributed by atoms with Gasteiger partial charge in [0.1, 0.15) is 0 Å². The summed E-state index contributed by atoms with van der Waals surface area (Å²) in [6, 6.07) is 0.0117. The van der Waals surface area contributed by atoms with Gasteiger partial charge >= 0.3 is 0 Å². The predicted octanol–water partition coefficient (Wildman–Crippen LogP) is 3.05. The van der Waals surface area contributed by atoms with E-state index < -0.39 is 0 Å². The average Bonchev–Trinajstić information content (AvgIpc) is 2.66. The molecule has 0 fully saturated rings. The number of halogens is 1. The summed E-state index contributed by atoms with van der Waals surface area (Å²) in [7, 11) is 0. The molecule has 5 heteroatoms. The molecule has 0 amide bonds. The number of nitrogens with zero attached hydrogens (tertiary/aromatic N) is 2. The fraction of sp³-hybridized carbons (Fsp3) is 0.786. The van der Waals surface area contributed by atoms with Gasteiger partial charge in [-0.15, -0.1) is 0 Å². The standard InChI is InChI=1S/C14H26BrN3O/c1-5-8-13(19-7-3)11(16)9-12-14(15)10(4)17-18(12)6-2/h11,13H,5-9,16H2,1-4H3. The van der Waals surface area contributed by atoms with Gasteiger partial charge in [0.05, 0.1) is 22.0 Å². The Balaban J connectivity index is 2.82. The van der Waals surface area contributed by atoms with Crippen LogP contribution in [0.25, 0.3) is 0 Å². The van der Waals surface area contributed by atoms with Gasteiger partial charge in [0.15, 0.2) is 0 Å². The van der Waals surface area contributed by atoms with Gasteiger partial charge in [-0.1, -0.05) is 13.3 Å². The molecule has 1 aromatic heterocycles. The quantitative estimate of drug-likeness (QED) is 0.796. The van der Waals surface area contributed by atoms with Gasteiger partial charge in [-0.2, -0.15) is 5.10 Å². The molecular formula is C14H26BrN3O. The Bertz CT molecular complexity index is 386. The van der Waals surface area contributed by atoms with Crippen molar-refractivity contribution in [2.24, 2.45) is 5.73 Å². The molecule has 1 heterocycles. The first-order valence-corrected chi connectivity index (χ1v) is 7.93. The maximum Gasteiger partial charge on any atom is 0.0738 e. The van der Waals surface area contributed by atoms with Crippen molar-refractivity contribution in [1.29, 1.82) is 0 Å². The summed E-state index contributed by atoms with van der Waals surface area (Å²) < 4.78 is 8.87. The number of nitrogens with two attached hydrogens (primary N) is 1. The van der Waals surface area contributed by atoms with E-state index in [0.29, 0.717) is 6.61 Å². The van der Waals surface area contributed by atoms with Gasteiger partial charge in [0.2, 0.25) is 0 Å². The molecule has 0 saturated carbocycles. The molecule has 1 aromatic rings. The van der Waals surface area contributed by atoms with Crippen LogP contribution in [0.3, 0.4) is 0 Å². The summed E-state index contributed by atoms with van der Waals surface area (Å²) in [6.45, 7) is 9.87. The number of aryl methyl sites for hydroxylation is 2. The van der Waals surface area contributed by atoms with Crippen LogP contribution < -0.4 is 5.73 Å². The van der Waals surface area contributed by atoms with Gasteiger partial charge in [-0.3, -0.25) is 4.68 Å². The van der Waals surface area contributed by atoms with Crippen molar-refractivity contribution >= 4 is 15.9 Å². The summed E-state index contributed by atoms with van der Waals surface area (Å²) in [5.74, 6) is 0. The molecule has 0 saturated heterocycles. The van der Waals surface area contributed by atoms with Gasteiger partial charge in [0.25, 0.3) is 0 Å². The van der Waals surface area contributed by atoms with Gasteiger partial charge < -0.3 is 10.5 Å². The highest BCUT2D eigenvalue weighted by atomic mass is 79.9. The molecule has 2 N–H and O–H groups in total. The highest BCUT2D eigenvalue weighted by Gasteiger charge is 2.21. The van der Waals surface area contributed by atoms with Gasteiger partial charge in [-0.25, -0.2) is 0 Å². The van der Waals surface area contributed by atoms with Gasteiger partial charge in [-0.05, 0) is 43.1 Å². The number of hydrogen-bond donors (Lipinski definition) is 1. The Labute approximate surface area is 124 Å². The predicted molar refractivity (Wildman–Crippen MR) is 82.3 cm³/mol. The van der Waals surface area contributed by atoms with Crippen molar-refractivity contribution in [3.8, 4) is 0 Å². The summed E-state index contributed by atoms with van der Waals surface area (Å²) in [5, 5.41) is 4.51. The highest BCUT2D eigenvalue weighted by Crippen LogP contribution is 2.23. The SMILES string of the molecule is CCCC(OCC)C(N)Cc1c(Br)c(C)nn1CC. The van der Waals surface area contributed by atoms with E-state index in [1.165, 1.54) is 5.69 Å². The first kappa shape index (κ1) is 16.7. The summed E-state index contributed by atoms with van der Waals surface area (Å²) in [6.07, 6.45) is 3.01. The molecule has 110 valence electrons. The fourth-order valence-corrected chi connectivity index (χ4v) is 2.78. The minimum absolute atomic E-state index is 0.0117. The maximum absolute atomic E-state index is 6.34. The summed E-state index contributed by atoms with van der Waals surface area (Å²) >= 11 is 3.62. The minimum atomic E-state index is 0.0117. The normalized spacial score (nSPS) is 14.6. The zero-order valence-corrected chi connectivity index (χ0v) is 14.0. The lowest BCUT2D eigenvalue weighted by Crippen LogP contribution is -2.39. The number of ether oxygens (including phenoxy) is 1. The van der Waals surface area contributed by atoms with Crippen LogP contribution in [0.1, 0.15) is 45.0 Å². The first-order chi connectivity index (χ1) is 9.04. The molecule has 0 spiro atoms. The number of aromatic nitrogens is 2. The summed E-state index contributed by atoms with van der Waals surface area (Å²) in [4.78, 5) is 0. The van der Waals surface area contributed by atoms with Crippen molar-refractivity contribution in [3.05, 3.63) is 15.9 Å². The molecule has 1 rings (SSSR count). The Morgan fingerprint density at radius 1 is 1.37 bits per heavy atom. The van der Waals surface area contributed by atoms with Crippen molar-refractivity contribution in [2.75, 3.05) is 6.61 Å². The second-order valence-electron chi connectivity index (χ2n) is 4.81. The van der Waals surface area contributed by atoms with Crippen molar-refractivity contribution in [2.45, 2.75) is 65.6 Å². The Morgan fingerprint density at radius 3 is 2.58 bits per heavy atom. The van der Waals surface area contributed by atoms with Crippen LogP contribution in [-0.2, 0) is 17.7 Å². The topological polar surface area (TPSA) is 53.1 Å². The van der Waals surface area contributed by atoms with Crippen LogP contribution in [0.5, 0.6) is 0 Å². The largest absolute Gasteiger partial charge is 0.377 e. The van der Waals surface area contributed by atoms with E-state index in [9.17, 15) is 0 Å². The zero-order chi connectivity index (χ0) is 14.4. The Morgan fingerprint density at radius 2 is 2.05 bits per heavy atom. The molecule has 0 bridgehead atoms. The van der Waals surface area contributed by atoms with Crippen molar-refractivity contribution in [3.63, 3.8) is 0 Å². The summed E-state index contributed by atoms with van der Waals surface area (Å²) in [5.41, 5.74) is 8.53. The Kier molecular flexibility index (Phi) is 7.04. The van der Waals surface area contributed by atoms with Crippen LogP contribution in [0.15, 0.2) is 4.47 Å². The molecule has 0 aromatic carbocycles. The fourth-order valence-electron chi connectivity index (χ4n) is 2.34. The molecule has 19 heavy (non-hydrogen) atoms. The van der Waals surface area contributed by atoms with E-state index in [-0.39, 0.29) is 12.1 Å². The van der Waals surface area contributed by atoms with E-state index >= 15 is 0 Å². The second-order valence-corrected chi connectivity index (χ2v) is 5.61. The molecule has 0 aliphatic carbocycles. The van der Waals surface area contributed by atoms with Crippen molar-refractivity contribution in [1.82, 2.24) is 9.78 Å². The molecule has 2 atom stereocenters. The number of rotatable bonds is 8. The Hall–Kier alpha value is -0.390. The van der Waals surface area contributed by atoms with Crippen LogP contribution in [0.2, 0.25) is 0 Å². The zero-order valence-electron chi connectivity index (χ0n) is 12.4. The molecule has 0 aliphatic heterocycles. The second kappa shape index (κ2) is 8.02. The van der Waals surface area contributed by atoms with Crippen LogP contribution >= 0.6 is 15.9 Å². The molecule has 2 unspecified atom stereocenters. The molecule has 0 aliphatic rings. The lowest BCUT2D eigenvalue weighted by Gasteiger charge is -2.23. The lowest BCUT2D eigenvalue weighted by molar-refractivity contribution is 0.0374. The van der Waals surface area contributed by atoms with Crippen LogP contribution in [0.4, 0.5) is 0 Å². The minimum Gasteiger partial charge on any atom is -0.377 e. The molecular weight excluding hydrogens is 306 g/mol. The van der Waals surface area contributed by atoms with E-state index in [1.54, 1.807) is 0 Å². The smallest absolute Gasteiger partial charge is 0.0738 e. The third-order valence-electron chi connectivity index (χ3n) is 3.31. The molecule has 4 nitrogen and oxygen atoms in total. The van der Waals surface area contributed by atoms with E-state index in [1.807, 2.05) is 18.5 Å². The monoisotopic (exact) mass is 331 g/mol. The third-order valence-corrected chi connectivity index (χ3v) is 4.34. The van der Waals surface area contributed by atoms with Crippen molar-refractivity contribution < 1.29 is 4.74 Å². The maximum atomic E-state index is 6.34. The van der Waals surface area contributed by atoms with E-state index in [2.05, 4.69) is 34.9 Å². The average molecular weight is 332 g/mol. The van der Waals surface area contributed by atoms with E-state index in [0.717, 1.165) is 36.0 Å². The van der Waals surface area contributed by atoms with Gasteiger partial charge in [0, 0.05) is 25.6 Å². The van der Waals surface area contributed by atoms with E-state index in [4.69, 9.17) is 10.5 Å². The first-order valence-electron chi connectivity index (χ1n) is 7.13. The lowest BCUT2D eigenvalue weighted by atomic mass is 10.0. The van der Waals surface area contributed by atoms with Crippen LogP contribution in [-0.4, -0.2) is 28.5 Å². The molecule has 0 radical (unpaired) electrons. The number of hydrogen-bond acceptors (Lipinski definition) is 3. The highest BCUT2D eigenvalue weighted by molar-refractivity contribution is 9.10. The third kappa shape index (κ3) is 4.29. The van der Waals surface area contributed by atoms with Crippen LogP contribution in [0, 0.1) is 6.92 Å².